The first-order valence-electron chi connectivity index (χ1n) is 3.45. The molecule has 1 rings (SSSR count). The molecule has 5 nitrogen and oxygen atoms in total. The Bertz CT molecular complexity index is 269. The number of methoxy groups -OCH3 is 1. The van der Waals surface area contributed by atoms with Gasteiger partial charge in [0.1, 0.15) is 6.26 Å². The highest BCUT2D eigenvalue weighted by Gasteiger charge is 2.04. The highest BCUT2D eigenvalue weighted by molar-refractivity contribution is 5.66. The van der Waals surface area contributed by atoms with Crippen LogP contribution in [0.25, 0.3) is 0 Å². The molecule has 0 saturated carbocycles. The third kappa shape index (κ3) is 1.98. The number of carbonyl (C=O) groups is 1. The third-order valence-electron chi connectivity index (χ3n) is 1.46. The van der Waals surface area contributed by atoms with Crippen molar-refractivity contribution in [2.24, 2.45) is 0 Å². The lowest BCUT2D eigenvalue weighted by atomic mass is 10.3. The van der Waals surface area contributed by atoms with Crippen molar-refractivity contribution < 1.29 is 14.1 Å². The van der Waals surface area contributed by atoms with Crippen LogP contribution in [0, 0.1) is 6.92 Å². The molecular weight excluding hydrogens is 160 g/mol. The molecule has 12 heavy (non-hydrogen) atoms. The molecule has 5 heteroatoms. The van der Waals surface area contributed by atoms with Crippen molar-refractivity contribution in [3.05, 3.63) is 17.5 Å². The first-order chi connectivity index (χ1) is 5.74. The number of aromatic nitrogens is 1. The number of nitrogens with zero attached hydrogens (tertiary/aromatic N) is 1. The number of alkyl carbamates (subject to hydrolysis) is 1. The highest BCUT2D eigenvalue weighted by Crippen LogP contribution is 2.03. The van der Waals surface area contributed by atoms with Gasteiger partial charge >= 0.3 is 6.09 Å². The van der Waals surface area contributed by atoms with E-state index in [2.05, 4.69) is 19.7 Å². The van der Waals surface area contributed by atoms with Gasteiger partial charge in [0.15, 0.2) is 0 Å². The van der Waals surface area contributed by atoms with Crippen LogP contribution >= 0.6 is 0 Å². The van der Waals surface area contributed by atoms with E-state index < -0.39 is 6.09 Å². The largest absolute Gasteiger partial charge is 0.453 e. The van der Waals surface area contributed by atoms with E-state index >= 15 is 0 Å². The molecule has 0 radical (unpaired) electrons. The molecule has 0 aliphatic rings. The SMILES string of the molecule is COC(=O)NCc1conc1C. The zero-order valence-electron chi connectivity index (χ0n) is 6.96. The fraction of sp³-hybridized carbons (Fsp3) is 0.429. The van der Waals surface area contributed by atoms with Crippen molar-refractivity contribution in [2.45, 2.75) is 13.5 Å². The summed E-state index contributed by atoms with van der Waals surface area (Å²) in [5.74, 6) is 0. The molecule has 0 saturated heterocycles. The number of nitrogens with one attached hydrogen (secondary N) is 1. The standard InChI is InChI=1S/C7H10N2O3/c1-5-6(4-12-9-5)3-8-7(10)11-2/h4H,3H2,1-2H3,(H,8,10). The molecule has 0 aliphatic carbocycles. The average molecular weight is 170 g/mol. The third-order valence-corrected chi connectivity index (χ3v) is 1.46. The van der Waals surface area contributed by atoms with Gasteiger partial charge < -0.3 is 14.6 Å². The van der Waals surface area contributed by atoms with Crippen LogP contribution in [0.2, 0.25) is 0 Å². The smallest absolute Gasteiger partial charge is 0.407 e. The molecule has 1 aromatic heterocycles. The fourth-order valence-electron chi connectivity index (χ4n) is 0.722. The molecule has 0 atom stereocenters. The van der Waals surface area contributed by atoms with Gasteiger partial charge in [0.05, 0.1) is 19.3 Å². The number of hydrogen-bond donors (Lipinski definition) is 1. The number of amides is 1. The first kappa shape index (κ1) is 8.58. The molecule has 0 aromatic carbocycles. The van der Waals surface area contributed by atoms with Gasteiger partial charge in [0, 0.05) is 5.56 Å². The van der Waals surface area contributed by atoms with E-state index in [-0.39, 0.29) is 0 Å². The van der Waals surface area contributed by atoms with Crippen LogP contribution in [0.1, 0.15) is 11.3 Å². The molecule has 1 aromatic rings. The Labute approximate surface area is 69.7 Å². The van der Waals surface area contributed by atoms with Crippen molar-refractivity contribution >= 4 is 6.09 Å². The number of aryl methyl sites for hydroxylation is 1. The summed E-state index contributed by atoms with van der Waals surface area (Å²) < 4.78 is 9.06. The topological polar surface area (TPSA) is 64.4 Å². The summed E-state index contributed by atoms with van der Waals surface area (Å²) in [4.78, 5) is 10.6. The Morgan fingerprint density at radius 1 is 1.83 bits per heavy atom. The monoisotopic (exact) mass is 170 g/mol. The van der Waals surface area contributed by atoms with Crippen LogP contribution < -0.4 is 5.32 Å². The van der Waals surface area contributed by atoms with Crippen LogP contribution in [0.5, 0.6) is 0 Å². The summed E-state index contributed by atoms with van der Waals surface area (Å²) in [5.41, 5.74) is 1.62. The fourth-order valence-corrected chi connectivity index (χ4v) is 0.722. The van der Waals surface area contributed by atoms with Crippen molar-refractivity contribution in [2.75, 3.05) is 7.11 Å². The minimum Gasteiger partial charge on any atom is -0.453 e. The molecule has 0 unspecified atom stereocenters. The quantitative estimate of drug-likeness (QED) is 0.714. The van der Waals surface area contributed by atoms with Gasteiger partial charge in [-0.2, -0.15) is 0 Å². The molecule has 1 amide bonds. The van der Waals surface area contributed by atoms with E-state index in [1.165, 1.54) is 13.4 Å². The summed E-state index contributed by atoms with van der Waals surface area (Å²) in [7, 11) is 1.32. The minimum atomic E-state index is -0.462. The molecule has 0 aliphatic heterocycles. The van der Waals surface area contributed by atoms with E-state index in [0.717, 1.165) is 11.3 Å². The maximum absolute atomic E-state index is 10.6. The number of ether oxygens (including phenoxy) is 1. The van der Waals surface area contributed by atoms with Crippen LogP contribution in [0.15, 0.2) is 10.8 Å². The van der Waals surface area contributed by atoms with Crippen molar-refractivity contribution in [3.63, 3.8) is 0 Å². The second kappa shape index (κ2) is 3.75. The van der Waals surface area contributed by atoms with Gasteiger partial charge in [-0.3, -0.25) is 0 Å². The lowest BCUT2D eigenvalue weighted by Gasteiger charge is -2.00. The summed E-state index contributed by atoms with van der Waals surface area (Å²) in [6, 6.07) is 0. The van der Waals surface area contributed by atoms with Crippen molar-refractivity contribution in [1.82, 2.24) is 10.5 Å². The minimum absolute atomic E-state index is 0.377. The summed E-state index contributed by atoms with van der Waals surface area (Å²) in [5, 5.41) is 6.17. The second-order valence-corrected chi connectivity index (χ2v) is 2.27. The Hall–Kier alpha value is -1.52. The Morgan fingerprint density at radius 3 is 3.08 bits per heavy atom. The predicted octanol–water partition coefficient (Wildman–Crippen LogP) is 0.839. The average Bonchev–Trinajstić information content (AvgIpc) is 2.47. The molecule has 0 fully saturated rings. The summed E-state index contributed by atoms with van der Waals surface area (Å²) in [6.07, 6.45) is 1.03. The van der Waals surface area contributed by atoms with Crippen LogP contribution in [0.4, 0.5) is 4.79 Å². The molecule has 1 N–H and O–H groups in total. The van der Waals surface area contributed by atoms with Crippen molar-refractivity contribution in [1.29, 1.82) is 0 Å². The Kier molecular flexibility index (Phi) is 2.68. The first-order valence-corrected chi connectivity index (χ1v) is 3.45. The Morgan fingerprint density at radius 2 is 2.58 bits per heavy atom. The van der Waals surface area contributed by atoms with E-state index in [9.17, 15) is 4.79 Å². The zero-order valence-corrected chi connectivity index (χ0v) is 6.96. The highest BCUT2D eigenvalue weighted by atomic mass is 16.5. The summed E-state index contributed by atoms with van der Waals surface area (Å²) >= 11 is 0. The van der Waals surface area contributed by atoms with Gasteiger partial charge in [-0.05, 0) is 6.92 Å². The molecular formula is C7H10N2O3. The number of hydrogen-bond acceptors (Lipinski definition) is 4. The molecule has 66 valence electrons. The van der Waals surface area contributed by atoms with Crippen LogP contribution in [0.3, 0.4) is 0 Å². The van der Waals surface area contributed by atoms with Crippen LogP contribution in [-0.2, 0) is 11.3 Å². The summed E-state index contributed by atoms with van der Waals surface area (Å²) in [6.45, 7) is 2.18. The number of rotatable bonds is 2. The van der Waals surface area contributed by atoms with Crippen molar-refractivity contribution in [3.8, 4) is 0 Å². The Balaban J connectivity index is 2.43. The maximum atomic E-state index is 10.6. The normalized spacial score (nSPS) is 9.50. The number of carbonyl (C=O) groups excluding carboxylic acids is 1. The van der Waals surface area contributed by atoms with Gasteiger partial charge in [-0.1, -0.05) is 5.16 Å². The van der Waals surface area contributed by atoms with E-state index in [1.807, 2.05) is 0 Å². The van der Waals surface area contributed by atoms with E-state index in [0.29, 0.717) is 6.54 Å². The van der Waals surface area contributed by atoms with Gasteiger partial charge in [0.2, 0.25) is 0 Å². The lowest BCUT2D eigenvalue weighted by molar-refractivity contribution is 0.170. The van der Waals surface area contributed by atoms with E-state index in [4.69, 9.17) is 0 Å². The van der Waals surface area contributed by atoms with E-state index in [1.54, 1.807) is 6.92 Å². The molecule has 0 spiro atoms. The molecule has 1 heterocycles. The molecule has 0 bridgehead atoms. The van der Waals surface area contributed by atoms with Gasteiger partial charge in [-0.15, -0.1) is 0 Å². The van der Waals surface area contributed by atoms with Crippen LogP contribution in [-0.4, -0.2) is 18.4 Å². The van der Waals surface area contributed by atoms with Gasteiger partial charge in [-0.25, -0.2) is 4.79 Å². The lowest BCUT2D eigenvalue weighted by Crippen LogP contribution is -2.22. The maximum Gasteiger partial charge on any atom is 0.407 e. The second-order valence-electron chi connectivity index (χ2n) is 2.27. The van der Waals surface area contributed by atoms with Gasteiger partial charge in [0.25, 0.3) is 0 Å². The predicted molar refractivity (Wildman–Crippen MR) is 40.5 cm³/mol. The zero-order chi connectivity index (χ0) is 8.97.